The number of aliphatic hydroxyl groups excluding tert-OH is 1. The predicted molar refractivity (Wildman–Crippen MR) is 111 cm³/mol. The minimum absolute atomic E-state index is 0.124. The fourth-order valence-corrected chi connectivity index (χ4v) is 7.48. The summed E-state index contributed by atoms with van der Waals surface area (Å²) in [6.45, 7) is 4.96. The van der Waals surface area contributed by atoms with Crippen molar-refractivity contribution in [3.63, 3.8) is 0 Å². The quantitative estimate of drug-likeness (QED) is 0.663. The van der Waals surface area contributed by atoms with Crippen molar-refractivity contribution in [2.75, 3.05) is 0 Å². The van der Waals surface area contributed by atoms with E-state index in [0.717, 1.165) is 48.6 Å². The summed E-state index contributed by atoms with van der Waals surface area (Å²) in [7, 11) is 0. The van der Waals surface area contributed by atoms with Gasteiger partial charge in [-0.15, -0.1) is 0 Å². The lowest BCUT2D eigenvalue weighted by molar-refractivity contribution is -0.0169. The van der Waals surface area contributed by atoms with Crippen LogP contribution in [0.15, 0.2) is 35.9 Å². The minimum Gasteiger partial charge on any atom is -0.393 e. The second kappa shape index (κ2) is 5.66. The highest BCUT2D eigenvalue weighted by molar-refractivity contribution is 5.74. The number of para-hydroxylation sites is 2. The smallest absolute Gasteiger partial charge is 0.0890 e. The molecule has 4 aliphatic rings. The van der Waals surface area contributed by atoms with Crippen LogP contribution in [0.1, 0.15) is 63.8 Å². The fourth-order valence-electron chi connectivity index (χ4n) is 7.48. The number of hydrogen-bond acceptors (Lipinski definition) is 3. The van der Waals surface area contributed by atoms with E-state index in [1.165, 1.54) is 30.7 Å². The van der Waals surface area contributed by atoms with E-state index in [4.69, 9.17) is 9.97 Å². The van der Waals surface area contributed by atoms with Crippen molar-refractivity contribution in [1.82, 2.24) is 9.97 Å². The van der Waals surface area contributed by atoms with Gasteiger partial charge in [-0.25, -0.2) is 9.97 Å². The first kappa shape index (κ1) is 17.1. The summed E-state index contributed by atoms with van der Waals surface area (Å²) in [6, 6.07) is 8.34. The summed E-state index contributed by atoms with van der Waals surface area (Å²) in [5.74, 6) is 2.13. The highest BCUT2D eigenvalue weighted by atomic mass is 16.3. The zero-order valence-electron chi connectivity index (χ0n) is 17.0. The number of aromatic nitrogens is 2. The Balaban J connectivity index is 1.42. The maximum Gasteiger partial charge on any atom is 0.0890 e. The SMILES string of the molecule is C[C@]12CC[C@H](O)CC1=CC[C@@H]1[C@@H]2CC[C@]2(C)c3nc4ccccc4nc3C[C@@H]12. The largest absolute Gasteiger partial charge is 0.393 e. The molecule has 28 heavy (non-hydrogen) atoms. The zero-order chi connectivity index (χ0) is 19.1. The molecule has 0 amide bonds. The van der Waals surface area contributed by atoms with Gasteiger partial charge in [-0.3, -0.25) is 0 Å². The molecule has 3 heteroatoms. The Hall–Kier alpha value is -1.74. The number of aliphatic hydroxyl groups is 1. The summed E-state index contributed by atoms with van der Waals surface area (Å²) in [5, 5.41) is 10.2. The van der Waals surface area contributed by atoms with Crippen LogP contribution >= 0.6 is 0 Å². The summed E-state index contributed by atoms with van der Waals surface area (Å²) in [5.41, 5.74) is 6.64. The molecule has 1 heterocycles. The van der Waals surface area contributed by atoms with Gasteiger partial charge in [-0.2, -0.15) is 0 Å². The van der Waals surface area contributed by atoms with E-state index >= 15 is 0 Å². The van der Waals surface area contributed by atoms with Gasteiger partial charge in [0.1, 0.15) is 0 Å². The van der Waals surface area contributed by atoms with Crippen LogP contribution in [0.25, 0.3) is 11.0 Å². The summed E-state index contributed by atoms with van der Waals surface area (Å²) >= 11 is 0. The van der Waals surface area contributed by atoms with Crippen molar-refractivity contribution in [2.24, 2.45) is 23.2 Å². The molecule has 2 fully saturated rings. The summed E-state index contributed by atoms with van der Waals surface area (Å²) in [6.07, 6.45) is 10.2. The Labute approximate surface area is 167 Å². The number of nitrogens with zero attached hydrogens (tertiary/aromatic N) is 2. The Bertz CT molecular complexity index is 997. The lowest BCUT2D eigenvalue weighted by atomic mass is 9.48. The molecule has 146 valence electrons. The van der Waals surface area contributed by atoms with Crippen LogP contribution < -0.4 is 0 Å². The van der Waals surface area contributed by atoms with E-state index in [0.29, 0.717) is 11.3 Å². The number of hydrogen-bond donors (Lipinski definition) is 1. The number of rotatable bonds is 0. The molecule has 0 saturated heterocycles. The van der Waals surface area contributed by atoms with Crippen LogP contribution in [0.4, 0.5) is 0 Å². The Morgan fingerprint density at radius 3 is 2.50 bits per heavy atom. The minimum atomic E-state index is -0.124. The van der Waals surface area contributed by atoms with E-state index in [1.807, 2.05) is 0 Å². The molecule has 2 aromatic rings. The van der Waals surface area contributed by atoms with Crippen molar-refractivity contribution in [3.8, 4) is 0 Å². The third kappa shape index (κ3) is 2.14. The molecule has 1 N–H and O–H groups in total. The molecule has 0 radical (unpaired) electrons. The predicted octanol–water partition coefficient (Wildman–Crippen LogP) is 4.97. The average molecular weight is 375 g/mol. The van der Waals surface area contributed by atoms with Gasteiger partial charge in [0.25, 0.3) is 0 Å². The third-order valence-corrected chi connectivity index (χ3v) is 9.06. The molecule has 0 unspecified atom stereocenters. The first-order valence-electron chi connectivity index (χ1n) is 11.1. The molecular weight excluding hydrogens is 344 g/mol. The van der Waals surface area contributed by atoms with Crippen LogP contribution in [-0.4, -0.2) is 21.2 Å². The van der Waals surface area contributed by atoms with Crippen LogP contribution in [0, 0.1) is 23.2 Å². The highest BCUT2D eigenvalue weighted by Gasteiger charge is 2.58. The van der Waals surface area contributed by atoms with Crippen LogP contribution in [0.3, 0.4) is 0 Å². The van der Waals surface area contributed by atoms with Gasteiger partial charge in [-0.05, 0) is 80.2 Å². The topological polar surface area (TPSA) is 46.0 Å². The van der Waals surface area contributed by atoms with Gasteiger partial charge in [0, 0.05) is 5.41 Å². The summed E-state index contributed by atoms with van der Waals surface area (Å²) < 4.78 is 0. The van der Waals surface area contributed by atoms with Crippen LogP contribution in [0.2, 0.25) is 0 Å². The number of fused-ring (bicyclic) bond motifs is 8. The molecule has 2 saturated carbocycles. The highest BCUT2D eigenvalue weighted by Crippen LogP contribution is 2.63. The normalized spacial score (nSPS) is 41.6. The second-order valence-electron chi connectivity index (χ2n) is 10.3. The second-order valence-corrected chi connectivity index (χ2v) is 10.3. The van der Waals surface area contributed by atoms with Crippen molar-refractivity contribution in [3.05, 3.63) is 47.3 Å². The molecule has 1 aromatic carbocycles. The molecule has 0 spiro atoms. The first-order chi connectivity index (χ1) is 13.5. The van der Waals surface area contributed by atoms with E-state index in [1.54, 1.807) is 5.57 Å². The van der Waals surface area contributed by atoms with Gasteiger partial charge in [0.05, 0.1) is 28.5 Å². The van der Waals surface area contributed by atoms with Crippen molar-refractivity contribution in [1.29, 1.82) is 0 Å². The van der Waals surface area contributed by atoms with E-state index in [-0.39, 0.29) is 11.5 Å². The van der Waals surface area contributed by atoms with E-state index in [2.05, 4.69) is 44.2 Å². The van der Waals surface area contributed by atoms with Gasteiger partial charge < -0.3 is 5.11 Å². The molecule has 0 bridgehead atoms. The standard InChI is InChI=1S/C25H30N2O/c1-24-11-9-16(28)13-15(24)7-8-17-18(24)10-12-25(2)19(17)14-22-23(25)27-21-6-4-3-5-20(21)26-22/h3-7,16-19,28H,8-14H2,1-2H3/t16-,17+,18-,19-,24-,25-/m0/s1. The Morgan fingerprint density at radius 1 is 0.929 bits per heavy atom. The zero-order valence-corrected chi connectivity index (χ0v) is 17.0. The molecule has 6 rings (SSSR count). The van der Waals surface area contributed by atoms with Gasteiger partial charge >= 0.3 is 0 Å². The molecule has 1 aromatic heterocycles. The lowest BCUT2D eigenvalue weighted by Gasteiger charge is -2.57. The van der Waals surface area contributed by atoms with Crippen LogP contribution in [-0.2, 0) is 11.8 Å². The van der Waals surface area contributed by atoms with Crippen molar-refractivity contribution < 1.29 is 5.11 Å². The Kier molecular flexibility index (Phi) is 3.46. The van der Waals surface area contributed by atoms with Gasteiger partial charge in [0.2, 0.25) is 0 Å². The number of allylic oxidation sites excluding steroid dienone is 1. The number of benzene rings is 1. The monoisotopic (exact) mass is 374 g/mol. The Morgan fingerprint density at radius 2 is 1.68 bits per heavy atom. The van der Waals surface area contributed by atoms with Crippen LogP contribution in [0.5, 0.6) is 0 Å². The molecule has 0 aliphatic heterocycles. The van der Waals surface area contributed by atoms with Crippen molar-refractivity contribution >= 4 is 11.0 Å². The van der Waals surface area contributed by atoms with Gasteiger partial charge in [-0.1, -0.05) is 37.6 Å². The average Bonchev–Trinajstić information content (AvgIpc) is 2.99. The van der Waals surface area contributed by atoms with Crippen molar-refractivity contribution in [2.45, 2.75) is 70.3 Å². The first-order valence-corrected chi connectivity index (χ1v) is 11.1. The van der Waals surface area contributed by atoms with Gasteiger partial charge in [0.15, 0.2) is 0 Å². The lowest BCUT2D eigenvalue weighted by Crippen LogP contribution is -2.51. The third-order valence-electron chi connectivity index (χ3n) is 9.06. The maximum absolute atomic E-state index is 10.2. The summed E-state index contributed by atoms with van der Waals surface area (Å²) in [4.78, 5) is 10.2. The molecule has 4 aliphatic carbocycles. The molecular formula is C25H30N2O. The van der Waals surface area contributed by atoms with E-state index in [9.17, 15) is 5.11 Å². The maximum atomic E-state index is 10.2. The molecule has 3 nitrogen and oxygen atoms in total. The van der Waals surface area contributed by atoms with E-state index < -0.39 is 0 Å². The fraction of sp³-hybridized carbons (Fsp3) is 0.600. The molecule has 6 atom stereocenters.